The number of nitrogens with one attached hydrogen (secondary N) is 2. The third-order valence-corrected chi connectivity index (χ3v) is 6.34. The highest BCUT2D eigenvalue weighted by molar-refractivity contribution is 7.90. The Hall–Kier alpha value is -3.36. The van der Waals surface area contributed by atoms with Crippen LogP contribution >= 0.6 is 11.6 Å². The van der Waals surface area contributed by atoms with Crippen LogP contribution in [0.1, 0.15) is 6.92 Å². The summed E-state index contributed by atoms with van der Waals surface area (Å²) < 4.78 is 31.7. The lowest BCUT2D eigenvalue weighted by Crippen LogP contribution is -2.28. The maximum Gasteiger partial charge on any atom is 0.264 e. The Labute approximate surface area is 184 Å². The molecule has 1 aromatic heterocycles. The van der Waals surface area contributed by atoms with E-state index in [0.717, 1.165) is 34.4 Å². The van der Waals surface area contributed by atoms with Crippen LogP contribution in [0.2, 0.25) is 5.02 Å². The summed E-state index contributed by atoms with van der Waals surface area (Å²) in [7, 11) is -2.31. The van der Waals surface area contributed by atoms with Crippen LogP contribution in [0.5, 0.6) is 5.75 Å². The maximum atomic E-state index is 12.2. The number of carbonyl (C=O) groups is 1. The molecule has 0 aliphatic rings. The minimum atomic E-state index is -3.90. The molecule has 2 N–H and O–H groups in total. The number of halogens is 1. The van der Waals surface area contributed by atoms with Crippen molar-refractivity contribution in [1.82, 2.24) is 9.71 Å². The van der Waals surface area contributed by atoms with Crippen molar-refractivity contribution >= 4 is 60.7 Å². The summed E-state index contributed by atoms with van der Waals surface area (Å²) >= 11 is 6.16. The van der Waals surface area contributed by atoms with E-state index >= 15 is 0 Å². The minimum Gasteiger partial charge on any atom is -0.497 e. The summed E-state index contributed by atoms with van der Waals surface area (Å²) in [5.41, 5.74) is 2.92. The largest absolute Gasteiger partial charge is 0.497 e. The molecule has 0 bridgehead atoms. The minimum absolute atomic E-state index is 0.00820. The molecule has 0 saturated carbocycles. The normalized spacial score (nSPS) is 11.5. The van der Waals surface area contributed by atoms with Gasteiger partial charge in [-0.05, 0) is 60.7 Å². The van der Waals surface area contributed by atoms with Gasteiger partial charge in [0.15, 0.2) is 0 Å². The number of hydrogen-bond donors (Lipinski definition) is 2. The molecule has 0 radical (unpaired) electrons. The maximum absolute atomic E-state index is 12.2. The molecule has 0 aliphatic carbocycles. The molecule has 3 aromatic carbocycles. The number of fused-ring (bicyclic) bond motifs is 2. The number of sulfonamides is 1. The second kappa shape index (κ2) is 8.05. The van der Waals surface area contributed by atoms with E-state index in [2.05, 4.69) is 5.32 Å². The summed E-state index contributed by atoms with van der Waals surface area (Å²) in [5.74, 6) is 0.0342. The van der Waals surface area contributed by atoms with E-state index in [1.54, 1.807) is 31.4 Å². The van der Waals surface area contributed by atoms with E-state index in [4.69, 9.17) is 21.3 Å². The predicted molar refractivity (Wildman–Crippen MR) is 122 cm³/mol. The van der Waals surface area contributed by atoms with Crippen molar-refractivity contribution in [2.75, 3.05) is 12.4 Å². The molecule has 31 heavy (non-hydrogen) atoms. The van der Waals surface area contributed by atoms with Crippen molar-refractivity contribution in [2.24, 2.45) is 0 Å². The first-order valence-corrected chi connectivity index (χ1v) is 11.1. The number of rotatable bonds is 5. The van der Waals surface area contributed by atoms with Crippen molar-refractivity contribution in [1.29, 1.82) is 0 Å². The Morgan fingerprint density at radius 1 is 0.968 bits per heavy atom. The molecule has 4 aromatic rings. The van der Waals surface area contributed by atoms with Gasteiger partial charge in [-0.3, -0.25) is 4.79 Å². The Kier molecular flexibility index (Phi) is 5.43. The van der Waals surface area contributed by atoms with Gasteiger partial charge in [0, 0.05) is 28.4 Å². The highest BCUT2D eigenvalue weighted by Gasteiger charge is 2.16. The molecule has 0 fully saturated rings. The highest BCUT2D eigenvalue weighted by atomic mass is 35.5. The molecule has 0 aliphatic heterocycles. The molecular formula is C22H18ClN3O4S. The van der Waals surface area contributed by atoms with Gasteiger partial charge in [0.25, 0.3) is 10.0 Å². The molecule has 158 valence electrons. The van der Waals surface area contributed by atoms with Crippen molar-refractivity contribution in [3.63, 3.8) is 0 Å². The Bertz CT molecular complexity index is 1420. The SMILES string of the molecule is COc1ccc2nc3cc(Cl)ccc3c(Nc3ccc(S(=O)(=O)NC(C)=O)cc3)c2c1. The molecule has 7 nitrogen and oxygen atoms in total. The molecule has 0 saturated heterocycles. The monoisotopic (exact) mass is 455 g/mol. The van der Waals surface area contributed by atoms with Crippen LogP contribution in [-0.2, 0) is 14.8 Å². The Morgan fingerprint density at radius 3 is 2.39 bits per heavy atom. The third-order valence-electron chi connectivity index (χ3n) is 4.66. The number of nitrogens with zero attached hydrogens (tertiary/aromatic N) is 1. The third kappa shape index (κ3) is 4.26. The van der Waals surface area contributed by atoms with Crippen LogP contribution in [0.3, 0.4) is 0 Å². The van der Waals surface area contributed by atoms with Crippen molar-refractivity contribution in [3.8, 4) is 5.75 Å². The summed E-state index contributed by atoms with van der Waals surface area (Å²) in [6.45, 7) is 1.15. The number of pyridine rings is 1. The number of ether oxygens (including phenoxy) is 1. The summed E-state index contributed by atoms with van der Waals surface area (Å²) in [5, 5.41) is 5.62. The number of amides is 1. The molecule has 1 amide bonds. The number of hydrogen-bond acceptors (Lipinski definition) is 6. The number of aromatic nitrogens is 1. The van der Waals surface area contributed by atoms with Crippen LogP contribution in [0.25, 0.3) is 21.8 Å². The zero-order chi connectivity index (χ0) is 22.2. The predicted octanol–water partition coefficient (Wildman–Crippen LogP) is 4.62. The van der Waals surface area contributed by atoms with Gasteiger partial charge in [-0.1, -0.05) is 11.6 Å². The molecular weight excluding hydrogens is 438 g/mol. The average molecular weight is 456 g/mol. The van der Waals surface area contributed by atoms with Gasteiger partial charge in [0.1, 0.15) is 5.75 Å². The van der Waals surface area contributed by atoms with E-state index < -0.39 is 15.9 Å². The molecule has 1 heterocycles. The second-order valence-corrected chi connectivity index (χ2v) is 8.96. The van der Waals surface area contributed by atoms with Gasteiger partial charge in [0.05, 0.1) is 28.7 Å². The van der Waals surface area contributed by atoms with Gasteiger partial charge in [-0.25, -0.2) is 18.1 Å². The van der Waals surface area contributed by atoms with Crippen LogP contribution in [0.15, 0.2) is 65.6 Å². The van der Waals surface area contributed by atoms with Crippen LogP contribution in [-0.4, -0.2) is 26.4 Å². The standard InChI is InChI=1S/C22H18ClN3O4S/c1-13(27)26-31(28,29)17-7-4-15(5-8-17)24-22-18-9-3-14(23)11-21(18)25-20-10-6-16(30-2)12-19(20)22/h3-12H,1-2H3,(H,24,25)(H,26,27). The lowest BCUT2D eigenvalue weighted by atomic mass is 10.1. The van der Waals surface area contributed by atoms with Gasteiger partial charge in [-0.15, -0.1) is 0 Å². The second-order valence-electron chi connectivity index (χ2n) is 6.84. The van der Waals surface area contributed by atoms with Crippen LogP contribution in [0.4, 0.5) is 11.4 Å². The number of methoxy groups -OCH3 is 1. The van der Waals surface area contributed by atoms with Gasteiger partial charge >= 0.3 is 0 Å². The first kappa shape index (κ1) is 20.9. The van der Waals surface area contributed by atoms with Crippen molar-refractivity contribution < 1.29 is 17.9 Å². The highest BCUT2D eigenvalue weighted by Crippen LogP contribution is 2.36. The molecule has 4 rings (SSSR count). The van der Waals surface area contributed by atoms with E-state index in [9.17, 15) is 13.2 Å². The summed E-state index contributed by atoms with van der Waals surface area (Å²) in [6.07, 6.45) is 0. The fraction of sp³-hybridized carbons (Fsp3) is 0.0909. The van der Waals surface area contributed by atoms with Crippen LogP contribution in [0, 0.1) is 0 Å². The molecule has 9 heteroatoms. The van der Waals surface area contributed by atoms with Crippen molar-refractivity contribution in [2.45, 2.75) is 11.8 Å². The zero-order valence-electron chi connectivity index (χ0n) is 16.6. The Balaban J connectivity index is 1.82. The van der Waals surface area contributed by atoms with Crippen molar-refractivity contribution in [3.05, 3.63) is 65.7 Å². The topological polar surface area (TPSA) is 97.4 Å². The molecule has 0 spiro atoms. The van der Waals surface area contributed by atoms with E-state index in [1.165, 1.54) is 12.1 Å². The van der Waals surface area contributed by atoms with E-state index in [0.29, 0.717) is 16.5 Å². The van der Waals surface area contributed by atoms with Gasteiger partial charge in [0.2, 0.25) is 5.91 Å². The lowest BCUT2D eigenvalue weighted by molar-refractivity contribution is -0.117. The van der Waals surface area contributed by atoms with Crippen LogP contribution < -0.4 is 14.8 Å². The Morgan fingerprint density at radius 2 is 1.71 bits per heavy atom. The van der Waals surface area contributed by atoms with Gasteiger partial charge in [-0.2, -0.15) is 0 Å². The first-order chi connectivity index (χ1) is 14.8. The van der Waals surface area contributed by atoms with Gasteiger partial charge < -0.3 is 10.1 Å². The molecule has 0 atom stereocenters. The summed E-state index contributed by atoms with van der Waals surface area (Å²) in [6, 6.07) is 17.1. The fourth-order valence-electron chi connectivity index (χ4n) is 3.27. The number of carbonyl (C=O) groups excluding carboxylic acids is 1. The summed E-state index contributed by atoms with van der Waals surface area (Å²) in [4.78, 5) is 15.8. The quantitative estimate of drug-likeness (QED) is 0.426. The van der Waals surface area contributed by atoms with E-state index in [-0.39, 0.29) is 4.90 Å². The zero-order valence-corrected chi connectivity index (χ0v) is 18.2. The lowest BCUT2D eigenvalue weighted by Gasteiger charge is -2.15. The average Bonchev–Trinajstić information content (AvgIpc) is 2.72. The first-order valence-electron chi connectivity index (χ1n) is 9.24. The molecule has 0 unspecified atom stereocenters. The number of benzene rings is 3. The fourth-order valence-corrected chi connectivity index (χ4v) is 4.43. The number of anilines is 2. The smallest absolute Gasteiger partial charge is 0.264 e. The van der Waals surface area contributed by atoms with E-state index in [1.807, 2.05) is 29.0 Å².